The fourth-order valence-corrected chi connectivity index (χ4v) is 1.99. The van der Waals surface area contributed by atoms with Crippen molar-refractivity contribution in [3.05, 3.63) is 47.9 Å². The number of carboxylic acids is 1. The molecule has 1 N–H and O–H groups in total. The number of aromatic nitrogens is 4. The van der Waals surface area contributed by atoms with Crippen molar-refractivity contribution in [3.63, 3.8) is 0 Å². The standard InChI is InChI=1S/C14H12N4O2/c1-2-9-7-13-16-11(10-5-3-4-6-15-10)8-12(14(19)20)18(13)17-9/h3-8H,2H2,1H3,(H,19,20). The van der Waals surface area contributed by atoms with Crippen LogP contribution in [0.1, 0.15) is 23.1 Å². The van der Waals surface area contributed by atoms with E-state index in [0.717, 1.165) is 12.1 Å². The second kappa shape index (κ2) is 4.73. The SMILES string of the molecule is CCc1cc2nc(-c3ccccn3)cc(C(=O)O)n2n1. The maximum atomic E-state index is 11.4. The van der Waals surface area contributed by atoms with Gasteiger partial charge in [0.25, 0.3) is 0 Å². The number of hydrogen-bond acceptors (Lipinski definition) is 4. The average molecular weight is 268 g/mol. The third-order valence-corrected chi connectivity index (χ3v) is 2.99. The van der Waals surface area contributed by atoms with E-state index in [4.69, 9.17) is 0 Å². The van der Waals surface area contributed by atoms with Crippen molar-refractivity contribution in [1.29, 1.82) is 0 Å². The summed E-state index contributed by atoms with van der Waals surface area (Å²) < 4.78 is 1.35. The van der Waals surface area contributed by atoms with Crippen molar-refractivity contribution in [2.75, 3.05) is 0 Å². The molecule has 0 aliphatic carbocycles. The first kappa shape index (κ1) is 12.3. The molecule has 6 heteroatoms. The molecule has 3 heterocycles. The molecule has 20 heavy (non-hydrogen) atoms. The Hall–Kier alpha value is -2.76. The van der Waals surface area contributed by atoms with Crippen molar-refractivity contribution in [2.45, 2.75) is 13.3 Å². The second-order valence-electron chi connectivity index (χ2n) is 4.31. The van der Waals surface area contributed by atoms with Gasteiger partial charge in [-0.2, -0.15) is 5.10 Å². The number of hydrogen-bond donors (Lipinski definition) is 1. The van der Waals surface area contributed by atoms with Gasteiger partial charge in [-0.05, 0) is 24.6 Å². The average Bonchev–Trinajstić information content (AvgIpc) is 2.89. The molecule has 0 bridgehead atoms. The van der Waals surface area contributed by atoms with Gasteiger partial charge < -0.3 is 5.11 Å². The maximum Gasteiger partial charge on any atom is 0.354 e. The van der Waals surface area contributed by atoms with Gasteiger partial charge in [-0.1, -0.05) is 13.0 Å². The lowest BCUT2D eigenvalue weighted by molar-refractivity contribution is 0.0687. The second-order valence-corrected chi connectivity index (χ2v) is 4.31. The highest BCUT2D eigenvalue weighted by Crippen LogP contribution is 2.18. The summed E-state index contributed by atoms with van der Waals surface area (Å²) in [6.07, 6.45) is 2.37. The zero-order valence-corrected chi connectivity index (χ0v) is 10.8. The van der Waals surface area contributed by atoms with Gasteiger partial charge in [-0.15, -0.1) is 0 Å². The molecule has 3 aromatic rings. The molecule has 0 radical (unpaired) electrons. The number of rotatable bonds is 3. The largest absolute Gasteiger partial charge is 0.477 e. The Bertz CT molecular complexity index is 780. The zero-order valence-electron chi connectivity index (χ0n) is 10.8. The summed E-state index contributed by atoms with van der Waals surface area (Å²) in [5.74, 6) is -1.04. The quantitative estimate of drug-likeness (QED) is 0.786. The van der Waals surface area contributed by atoms with E-state index < -0.39 is 5.97 Å². The summed E-state index contributed by atoms with van der Waals surface area (Å²) in [6, 6.07) is 8.71. The molecule has 0 saturated carbocycles. The minimum Gasteiger partial charge on any atom is -0.477 e. The van der Waals surface area contributed by atoms with Crippen molar-refractivity contribution in [1.82, 2.24) is 19.6 Å². The Kier molecular flexibility index (Phi) is 2.90. The minimum atomic E-state index is -1.04. The molecular formula is C14H12N4O2. The molecule has 0 saturated heterocycles. The summed E-state index contributed by atoms with van der Waals surface area (Å²) in [4.78, 5) is 20.0. The van der Waals surface area contributed by atoms with Crippen LogP contribution in [0.15, 0.2) is 36.5 Å². The molecule has 0 aliphatic rings. The van der Waals surface area contributed by atoms with Crippen LogP contribution >= 0.6 is 0 Å². The minimum absolute atomic E-state index is 0.0790. The third kappa shape index (κ3) is 2.01. The lowest BCUT2D eigenvalue weighted by atomic mass is 10.2. The van der Waals surface area contributed by atoms with Gasteiger partial charge in [-0.25, -0.2) is 14.3 Å². The summed E-state index contributed by atoms with van der Waals surface area (Å²) >= 11 is 0. The zero-order chi connectivity index (χ0) is 14.1. The van der Waals surface area contributed by atoms with Gasteiger partial charge in [0, 0.05) is 12.3 Å². The van der Waals surface area contributed by atoms with Crippen LogP contribution < -0.4 is 0 Å². The Morgan fingerprint density at radius 1 is 1.30 bits per heavy atom. The highest BCUT2D eigenvalue weighted by atomic mass is 16.4. The number of nitrogens with zero attached hydrogens (tertiary/aromatic N) is 4. The van der Waals surface area contributed by atoms with Crippen molar-refractivity contribution >= 4 is 11.6 Å². The van der Waals surface area contributed by atoms with Crippen LogP contribution in [0.25, 0.3) is 17.0 Å². The van der Waals surface area contributed by atoms with E-state index in [1.165, 1.54) is 10.6 Å². The monoisotopic (exact) mass is 268 g/mol. The first-order valence-electron chi connectivity index (χ1n) is 6.23. The Balaban J connectivity index is 2.27. The van der Waals surface area contributed by atoms with Crippen LogP contribution in [-0.2, 0) is 6.42 Å². The van der Waals surface area contributed by atoms with E-state index in [9.17, 15) is 9.90 Å². The van der Waals surface area contributed by atoms with E-state index >= 15 is 0 Å². The molecule has 0 unspecified atom stereocenters. The van der Waals surface area contributed by atoms with Gasteiger partial charge in [0.05, 0.1) is 17.1 Å². The molecular weight excluding hydrogens is 256 g/mol. The van der Waals surface area contributed by atoms with E-state index in [-0.39, 0.29) is 5.69 Å². The highest BCUT2D eigenvalue weighted by molar-refractivity contribution is 5.87. The van der Waals surface area contributed by atoms with Crippen molar-refractivity contribution < 1.29 is 9.90 Å². The van der Waals surface area contributed by atoms with Gasteiger partial charge in [0.1, 0.15) is 0 Å². The Labute approximate surface area is 114 Å². The van der Waals surface area contributed by atoms with Crippen LogP contribution in [0.4, 0.5) is 0 Å². The normalized spacial score (nSPS) is 10.8. The lowest BCUT2D eigenvalue weighted by Crippen LogP contribution is -2.08. The first-order chi connectivity index (χ1) is 9.69. The Morgan fingerprint density at radius 3 is 2.80 bits per heavy atom. The molecule has 0 atom stereocenters. The predicted molar refractivity (Wildman–Crippen MR) is 72.6 cm³/mol. The van der Waals surface area contributed by atoms with Gasteiger partial charge in [-0.3, -0.25) is 4.98 Å². The van der Waals surface area contributed by atoms with Crippen molar-refractivity contribution in [2.24, 2.45) is 0 Å². The molecule has 0 aliphatic heterocycles. The highest BCUT2D eigenvalue weighted by Gasteiger charge is 2.15. The summed E-state index contributed by atoms with van der Waals surface area (Å²) in [5.41, 5.74) is 2.56. The summed E-state index contributed by atoms with van der Waals surface area (Å²) in [5, 5.41) is 13.6. The number of pyridine rings is 1. The van der Waals surface area contributed by atoms with E-state index in [1.807, 2.05) is 13.0 Å². The number of carboxylic acid groups (broad SMARTS) is 1. The van der Waals surface area contributed by atoms with E-state index in [0.29, 0.717) is 17.0 Å². The molecule has 0 amide bonds. The molecule has 0 aromatic carbocycles. The van der Waals surface area contributed by atoms with Crippen LogP contribution in [0, 0.1) is 0 Å². The molecule has 3 rings (SSSR count). The fraction of sp³-hybridized carbons (Fsp3) is 0.143. The molecule has 0 fully saturated rings. The van der Waals surface area contributed by atoms with Crippen LogP contribution in [-0.4, -0.2) is 30.7 Å². The van der Waals surface area contributed by atoms with E-state index in [2.05, 4.69) is 15.1 Å². The van der Waals surface area contributed by atoms with Gasteiger partial charge in [0.15, 0.2) is 11.3 Å². The van der Waals surface area contributed by atoms with Crippen LogP contribution in [0.5, 0.6) is 0 Å². The topological polar surface area (TPSA) is 80.4 Å². The number of carbonyl (C=O) groups is 1. The molecule has 100 valence electrons. The number of fused-ring (bicyclic) bond motifs is 1. The smallest absolute Gasteiger partial charge is 0.354 e. The first-order valence-corrected chi connectivity index (χ1v) is 6.23. The Morgan fingerprint density at radius 2 is 2.15 bits per heavy atom. The van der Waals surface area contributed by atoms with Crippen molar-refractivity contribution in [3.8, 4) is 11.4 Å². The van der Waals surface area contributed by atoms with Crippen LogP contribution in [0.2, 0.25) is 0 Å². The number of aryl methyl sites for hydroxylation is 1. The molecule has 0 spiro atoms. The summed E-state index contributed by atoms with van der Waals surface area (Å²) in [7, 11) is 0. The molecule has 3 aromatic heterocycles. The predicted octanol–water partition coefficient (Wildman–Crippen LogP) is 2.05. The number of aromatic carboxylic acids is 1. The maximum absolute atomic E-state index is 11.4. The van der Waals surface area contributed by atoms with Gasteiger partial charge >= 0.3 is 5.97 Å². The fourth-order valence-electron chi connectivity index (χ4n) is 1.99. The van der Waals surface area contributed by atoms with E-state index in [1.54, 1.807) is 24.4 Å². The lowest BCUT2D eigenvalue weighted by Gasteiger charge is -2.04. The summed E-state index contributed by atoms with van der Waals surface area (Å²) in [6.45, 7) is 1.96. The molecule has 6 nitrogen and oxygen atoms in total. The van der Waals surface area contributed by atoms with Crippen LogP contribution in [0.3, 0.4) is 0 Å². The van der Waals surface area contributed by atoms with Gasteiger partial charge in [0.2, 0.25) is 0 Å². The third-order valence-electron chi connectivity index (χ3n) is 2.99.